The molecule has 1 amide bonds. The van der Waals surface area contributed by atoms with Gasteiger partial charge in [-0.3, -0.25) is 9.59 Å². The van der Waals surface area contributed by atoms with Crippen molar-refractivity contribution >= 4 is 30.1 Å². The van der Waals surface area contributed by atoms with Gasteiger partial charge in [-0.05, 0) is 22.8 Å². The van der Waals surface area contributed by atoms with Gasteiger partial charge >= 0.3 is 5.97 Å². The highest BCUT2D eigenvalue weighted by Crippen LogP contribution is 2.10. The average Bonchev–Trinajstić information content (AvgIpc) is 2.59. The normalized spacial score (nSPS) is 11.0. The molecule has 0 aliphatic carbocycles. The number of hydrogen-bond donors (Lipinski definition) is 2. The van der Waals surface area contributed by atoms with Crippen LogP contribution >= 0.6 is 0 Å². The van der Waals surface area contributed by atoms with Gasteiger partial charge in [-0.1, -0.05) is 66.7 Å². The van der Waals surface area contributed by atoms with Crippen LogP contribution in [-0.4, -0.2) is 23.5 Å². The fourth-order valence-electron chi connectivity index (χ4n) is 2.00. The Labute approximate surface area is 141 Å². The van der Waals surface area contributed by atoms with Gasteiger partial charge in [0.2, 0.25) is 5.91 Å². The molecule has 0 spiro atoms. The number of carbonyl (C=O) groups is 2. The number of aliphatic carboxylic acids is 1. The Morgan fingerprint density at radius 2 is 1.38 bits per heavy atom. The van der Waals surface area contributed by atoms with Crippen molar-refractivity contribution in [3.05, 3.63) is 77.4 Å². The zero-order valence-electron chi connectivity index (χ0n) is 13.2. The molecule has 0 radical (unpaired) electrons. The standard InChI is InChI=1S/C20H19NO3/c22-19(21-15-14-20(23)24)13-12-18-10-8-17(9-11-18)7-6-16-4-2-1-3-5-16/h1-13H,14-15H2,(H,21,22)(H,23,24)/b7-6+,13-12+. The molecule has 2 aromatic rings. The van der Waals surface area contributed by atoms with Crippen molar-refractivity contribution in [3.63, 3.8) is 0 Å². The summed E-state index contributed by atoms with van der Waals surface area (Å²) in [4.78, 5) is 21.9. The van der Waals surface area contributed by atoms with Gasteiger partial charge in [-0.2, -0.15) is 0 Å². The molecular formula is C20H19NO3. The largest absolute Gasteiger partial charge is 0.481 e. The molecule has 0 atom stereocenters. The van der Waals surface area contributed by atoms with Crippen LogP contribution < -0.4 is 5.32 Å². The van der Waals surface area contributed by atoms with Crippen LogP contribution in [0.3, 0.4) is 0 Å². The molecule has 2 aromatic carbocycles. The molecule has 0 aliphatic heterocycles. The summed E-state index contributed by atoms with van der Waals surface area (Å²) in [6, 6.07) is 17.8. The van der Waals surface area contributed by atoms with Gasteiger partial charge in [0.1, 0.15) is 0 Å². The topological polar surface area (TPSA) is 66.4 Å². The summed E-state index contributed by atoms with van der Waals surface area (Å²) in [5.74, 6) is -1.23. The number of rotatable bonds is 7. The molecule has 24 heavy (non-hydrogen) atoms. The highest BCUT2D eigenvalue weighted by atomic mass is 16.4. The van der Waals surface area contributed by atoms with Crippen molar-refractivity contribution in [1.29, 1.82) is 0 Å². The number of amides is 1. The first-order valence-electron chi connectivity index (χ1n) is 7.64. The second kappa shape index (κ2) is 9.10. The minimum absolute atomic E-state index is 0.0813. The number of carboxylic acids is 1. The molecule has 0 aromatic heterocycles. The molecule has 0 unspecified atom stereocenters. The van der Waals surface area contributed by atoms with E-state index in [1.54, 1.807) is 6.08 Å². The summed E-state index contributed by atoms with van der Waals surface area (Å²) in [7, 11) is 0. The summed E-state index contributed by atoms with van der Waals surface area (Å²) in [5, 5.41) is 11.0. The number of hydrogen-bond acceptors (Lipinski definition) is 2. The van der Waals surface area contributed by atoms with Crippen molar-refractivity contribution in [2.45, 2.75) is 6.42 Å². The van der Waals surface area contributed by atoms with Crippen LogP contribution in [0.25, 0.3) is 18.2 Å². The van der Waals surface area contributed by atoms with E-state index in [1.807, 2.05) is 66.7 Å². The minimum Gasteiger partial charge on any atom is -0.481 e. The third-order valence-electron chi connectivity index (χ3n) is 3.27. The third-order valence-corrected chi connectivity index (χ3v) is 3.27. The summed E-state index contributed by atoms with van der Waals surface area (Å²) in [6.07, 6.45) is 7.08. The number of benzene rings is 2. The van der Waals surface area contributed by atoms with Crippen LogP contribution in [0.5, 0.6) is 0 Å². The van der Waals surface area contributed by atoms with Crippen molar-refractivity contribution in [3.8, 4) is 0 Å². The highest BCUT2D eigenvalue weighted by molar-refractivity contribution is 5.91. The van der Waals surface area contributed by atoms with Crippen LogP contribution in [0.1, 0.15) is 23.1 Å². The lowest BCUT2D eigenvalue weighted by atomic mass is 10.1. The number of nitrogens with one attached hydrogen (secondary N) is 1. The maximum absolute atomic E-state index is 11.5. The van der Waals surface area contributed by atoms with E-state index in [0.717, 1.165) is 16.7 Å². The molecule has 0 fully saturated rings. The molecule has 4 nitrogen and oxygen atoms in total. The van der Waals surface area contributed by atoms with Gasteiger partial charge < -0.3 is 10.4 Å². The molecule has 0 aliphatic rings. The first-order valence-corrected chi connectivity index (χ1v) is 7.64. The third kappa shape index (κ3) is 6.32. The van der Waals surface area contributed by atoms with Gasteiger partial charge in [-0.25, -0.2) is 0 Å². The number of carbonyl (C=O) groups excluding carboxylic acids is 1. The Morgan fingerprint density at radius 1 is 0.833 bits per heavy atom. The summed E-state index contributed by atoms with van der Waals surface area (Å²) in [6.45, 7) is 0.127. The average molecular weight is 321 g/mol. The zero-order valence-corrected chi connectivity index (χ0v) is 13.2. The summed E-state index contributed by atoms with van der Waals surface area (Å²) in [5.41, 5.74) is 3.11. The van der Waals surface area contributed by atoms with Crippen LogP contribution in [0.4, 0.5) is 0 Å². The molecule has 0 heterocycles. The van der Waals surface area contributed by atoms with Crippen molar-refractivity contribution in [1.82, 2.24) is 5.32 Å². The van der Waals surface area contributed by atoms with Crippen LogP contribution in [-0.2, 0) is 9.59 Å². The lowest BCUT2D eigenvalue weighted by molar-refractivity contribution is -0.136. The molecule has 4 heteroatoms. The lowest BCUT2D eigenvalue weighted by Gasteiger charge is -1.99. The van der Waals surface area contributed by atoms with E-state index in [2.05, 4.69) is 5.32 Å². The molecule has 122 valence electrons. The maximum atomic E-state index is 11.5. The lowest BCUT2D eigenvalue weighted by Crippen LogP contribution is -2.23. The predicted octanol–water partition coefficient (Wildman–Crippen LogP) is 3.46. The second-order valence-corrected chi connectivity index (χ2v) is 5.18. The Morgan fingerprint density at radius 3 is 1.96 bits per heavy atom. The smallest absolute Gasteiger partial charge is 0.305 e. The van der Waals surface area contributed by atoms with E-state index in [0.29, 0.717) is 0 Å². The number of carboxylic acid groups (broad SMARTS) is 1. The van der Waals surface area contributed by atoms with E-state index in [9.17, 15) is 9.59 Å². The maximum Gasteiger partial charge on any atom is 0.305 e. The zero-order chi connectivity index (χ0) is 17.2. The fourth-order valence-corrected chi connectivity index (χ4v) is 2.00. The first-order chi connectivity index (χ1) is 11.6. The fraction of sp³-hybridized carbons (Fsp3) is 0.100. The van der Waals surface area contributed by atoms with Gasteiger partial charge in [0.25, 0.3) is 0 Å². The first kappa shape index (κ1) is 17.2. The molecule has 0 saturated carbocycles. The van der Waals surface area contributed by atoms with Crippen molar-refractivity contribution < 1.29 is 14.7 Å². The Balaban J connectivity index is 1.87. The van der Waals surface area contributed by atoms with Gasteiger partial charge in [0, 0.05) is 12.6 Å². The van der Waals surface area contributed by atoms with Gasteiger partial charge in [0.15, 0.2) is 0 Å². The van der Waals surface area contributed by atoms with Gasteiger partial charge in [0.05, 0.1) is 6.42 Å². The molecule has 0 bridgehead atoms. The van der Waals surface area contributed by atoms with Crippen LogP contribution in [0.2, 0.25) is 0 Å². The molecule has 0 saturated heterocycles. The minimum atomic E-state index is -0.932. The molecular weight excluding hydrogens is 302 g/mol. The van der Waals surface area contributed by atoms with Crippen LogP contribution in [0, 0.1) is 0 Å². The summed E-state index contributed by atoms with van der Waals surface area (Å²) >= 11 is 0. The van der Waals surface area contributed by atoms with Crippen molar-refractivity contribution in [2.24, 2.45) is 0 Å². The SMILES string of the molecule is O=C(O)CCNC(=O)/C=C/c1ccc(/C=C/c2ccccc2)cc1. The Kier molecular flexibility index (Phi) is 6.53. The highest BCUT2D eigenvalue weighted by Gasteiger charge is 1.98. The second-order valence-electron chi connectivity index (χ2n) is 5.18. The van der Waals surface area contributed by atoms with E-state index in [-0.39, 0.29) is 18.9 Å². The van der Waals surface area contributed by atoms with E-state index >= 15 is 0 Å². The van der Waals surface area contributed by atoms with E-state index < -0.39 is 5.97 Å². The van der Waals surface area contributed by atoms with E-state index in [1.165, 1.54) is 6.08 Å². The molecule has 2 N–H and O–H groups in total. The Bertz CT molecular complexity index is 731. The van der Waals surface area contributed by atoms with Gasteiger partial charge in [-0.15, -0.1) is 0 Å². The summed E-state index contributed by atoms with van der Waals surface area (Å²) < 4.78 is 0. The van der Waals surface area contributed by atoms with E-state index in [4.69, 9.17) is 5.11 Å². The monoisotopic (exact) mass is 321 g/mol. The quantitative estimate of drug-likeness (QED) is 0.606. The predicted molar refractivity (Wildman–Crippen MR) is 96.1 cm³/mol. The molecule has 2 rings (SSSR count). The Hall–Kier alpha value is -3.14. The van der Waals surface area contributed by atoms with Crippen LogP contribution in [0.15, 0.2) is 60.7 Å². The van der Waals surface area contributed by atoms with Crippen molar-refractivity contribution in [2.75, 3.05) is 6.54 Å².